The van der Waals surface area contributed by atoms with Crippen molar-refractivity contribution in [2.75, 3.05) is 6.26 Å². The van der Waals surface area contributed by atoms with E-state index in [-0.39, 0.29) is 0 Å². The summed E-state index contributed by atoms with van der Waals surface area (Å²) in [5.41, 5.74) is 1.79. The standard InChI is InChI=1S/C19H13ClF3NS/c1-25-16-10-17(12-5-7-15(20)8-6-12)24-18(11-16)13-3-2-4-14(9-13)19(21,22)23/h2-11H,1H3. The Hall–Kier alpha value is -1.98. The summed E-state index contributed by atoms with van der Waals surface area (Å²) in [6.45, 7) is 0. The van der Waals surface area contributed by atoms with Crippen molar-refractivity contribution in [2.24, 2.45) is 0 Å². The van der Waals surface area contributed by atoms with Crippen molar-refractivity contribution in [2.45, 2.75) is 11.1 Å². The second kappa shape index (κ2) is 7.10. The van der Waals surface area contributed by atoms with Crippen molar-refractivity contribution < 1.29 is 13.2 Å². The smallest absolute Gasteiger partial charge is 0.248 e. The minimum Gasteiger partial charge on any atom is -0.248 e. The molecule has 128 valence electrons. The summed E-state index contributed by atoms with van der Waals surface area (Å²) in [7, 11) is 0. The van der Waals surface area contributed by atoms with Crippen molar-refractivity contribution in [1.29, 1.82) is 0 Å². The molecule has 0 fully saturated rings. The van der Waals surface area contributed by atoms with E-state index in [9.17, 15) is 13.2 Å². The first-order chi connectivity index (χ1) is 11.9. The molecule has 3 rings (SSSR count). The summed E-state index contributed by atoms with van der Waals surface area (Å²) in [5, 5.41) is 0.614. The van der Waals surface area contributed by atoms with E-state index in [1.165, 1.54) is 17.8 Å². The molecule has 0 bridgehead atoms. The summed E-state index contributed by atoms with van der Waals surface area (Å²) in [5.74, 6) is 0. The maximum absolute atomic E-state index is 13.0. The van der Waals surface area contributed by atoms with Gasteiger partial charge in [-0.1, -0.05) is 35.9 Å². The van der Waals surface area contributed by atoms with Crippen LogP contribution in [-0.2, 0) is 6.18 Å². The number of alkyl halides is 3. The molecular formula is C19H13ClF3NS. The lowest BCUT2D eigenvalue weighted by atomic mass is 10.1. The molecule has 0 saturated carbocycles. The van der Waals surface area contributed by atoms with E-state index < -0.39 is 11.7 Å². The van der Waals surface area contributed by atoms with E-state index in [0.717, 1.165) is 22.6 Å². The molecular weight excluding hydrogens is 367 g/mol. The van der Waals surface area contributed by atoms with E-state index >= 15 is 0 Å². The number of hydrogen-bond acceptors (Lipinski definition) is 2. The molecule has 6 heteroatoms. The molecule has 0 radical (unpaired) electrons. The highest BCUT2D eigenvalue weighted by molar-refractivity contribution is 7.98. The summed E-state index contributed by atoms with van der Waals surface area (Å²) in [6.07, 6.45) is -2.47. The first-order valence-electron chi connectivity index (χ1n) is 7.36. The number of aromatic nitrogens is 1. The fraction of sp³-hybridized carbons (Fsp3) is 0.105. The average molecular weight is 380 g/mol. The highest BCUT2D eigenvalue weighted by Crippen LogP contribution is 2.34. The zero-order valence-electron chi connectivity index (χ0n) is 13.1. The van der Waals surface area contributed by atoms with Gasteiger partial charge in [-0.15, -0.1) is 11.8 Å². The number of halogens is 4. The molecule has 0 saturated heterocycles. The normalized spacial score (nSPS) is 11.6. The maximum atomic E-state index is 13.0. The number of thioether (sulfide) groups is 1. The van der Waals surface area contributed by atoms with Crippen LogP contribution in [-0.4, -0.2) is 11.2 Å². The van der Waals surface area contributed by atoms with Gasteiger partial charge in [0.2, 0.25) is 0 Å². The Morgan fingerprint density at radius 3 is 2.12 bits per heavy atom. The van der Waals surface area contributed by atoms with E-state index in [2.05, 4.69) is 4.98 Å². The van der Waals surface area contributed by atoms with E-state index in [1.807, 2.05) is 24.5 Å². The van der Waals surface area contributed by atoms with Crippen molar-refractivity contribution in [3.8, 4) is 22.5 Å². The molecule has 0 aliphatic carbocycles. The number of pyridine rings is 1. The number of hydrogen-bond donors (Lipinski definition) is 0. The van der Waals surface area contributed by atoms with Crippen LogP contribution in [0.3, 0.4) is 0 Å². The largest absolute Gasteiger partial charge is 0.416 e. The summed E-state index contributed by atoms with van der Waals surface area (Å²) >= 11 is 7.42. The van der Waals surface area contributed by atoms with E-state index in [4.69, 9.17) is 11.6 Å². The van der Waals surface area contributed by atoms with Crippen LogP contribution in [0.15, 0.2) is 65.6 Å². The van der Waals surface area contributed by atoms with Gasteiger partial charge in [0.15, 0.2) is 0 Å². The van der Waals surface area contributed by atoms with Gasteiger partial charge in [0, 0.05) is 21.0 Å². The van der Waals surface area contributed by atoms with Gasteiger partial charge < -0.3 is 0 Å². The first kappa shape index (κ1) is 17.8. The topological polar surface area (TPSA) is 12.9 Å². The van der Waals surface area contributed by atoms with Gasteiger partial charge in [0.1, 0.15) is 0 Å². The highest BCUT2D eigenvalue weighted by Gasteiger charge is 2.30. The van der Waals surface area contributed by atoms with E-state index in [1.54, 1.807) is 24.3 Å². The highest BCUT2D eigenvalue weighted by atomic mass is 35.5. The summed E-state index contributed by atoms with van der Waals surface area (Å²) in [4.78, 5) is 5.47. The molecule has 25 heavy (non-hydrogen) atoms. The van der Waals surface area contributed by atoms with Crippen LogP contribution >= 0.6 is 23.4 Å². The fourth-order valence-corrected chi connectivity index (χ4v) is 2.98. The molecule has 1 heterocycles. The van der Waals surface area contributed by atoms with Crippen molar-refractivity contribution in [1.82, 2.24) is 4.98 Å². The molecule has 2 aromatic carbocycles. The van der Waals surface area contributed by atoms with Gasteiger partial charge in [0.05, 0.1) is 17.0 Å². The number of nitrogens with zero attached hydrogens (tertiary/aromatic N) is 1. The van der Waals surface area contributed by atoms with Crippen molar-refractivity contribution in [3.63, 3.8) is 0 Å². The van der Waals surface area contributed by atoms with Crippen LogP contribution in [0, 0.1) is 0 Å². The van der Waals surface area contributed by atoms with Crippen molar-refractivity contribution in [3.05, 3.63) is 71.2 Å². The Morgan fingerprint density at radius 1 is 0.880 bits per heavy atom. The molecule has 0 aliphatic heterocycles. The van der Waals surface area contributed by atoms with Gasteiger partial charge in [-0.25, -0.2) is 4.98 Å². The monoisotopic (exact) mass is 379 g/mol. The molecule has 0 unspecified atom stereocenters. The van der Waals surface area contributed by atoms with Crippen LogP contribution in [0.2, 0.25) is 5.02 Å². The molecule has 1 aromatic heterocycles. The zero-order chi connectivity index (χ0) is 18.0. The Labute approximate surface area is 152 Å². The Morgan fingerprint density at radius 2 is 1.52 bits per heavy atom. The number of benzene rings is 2. The lowest BCUT2D eigenvalue weighted by Gasteiger charge is -2.11. The van der Waals surface area contributed by atoms with Gasteiger partial charge >= 0.3 is 6.18 Å². The fourth-order valence-electron chi connectivity index (χ4n) is 2.39. The van der Waals surface area contributed by atoms with Gasteiger partial charge in [0.25, 0.3) is 0 Å². The molecule has 0 amide bonds. The second-order valence-corrected chi connectivity index (χ2v) is 6.68. The second-order valence-electron chi connectivity index (χ2n) is 5.36. The summed E-state index contributed by atoms with van der Waals surface area (Å²) in [6, 6.07) is 16.1. The number of rotatable bonds is 3. The zero-order valence-corrected chi connectivity index (χ0v) is 14.7. The van der Waals surface area contributed by atoms with Crippen LogP contribution in [0.4, 0.5) is 13.2 Å². The maximum Gasteiger partial charge on any atom is 0.416 e. The Bertz CT molecular complexity index is 892. The minimum absolute atomic E-state index is 0.431. The predicted octanol–water partition coefficient (Wildman–Crippen LogP) is 6.81. The summed E-state index contributed by atoms with van der Waals surface area (Å²) < 4.78 is 38.9. The van der Waals surface area contributed by atoms with Gasteiger partial charge in [-0.3, -0.25) is 0 Å². The lowest BCUT2D eigenvalue weighted by molar-refractivity contribution is -0.137. The SMILES string of the molecule is CSc1cc(-c2ccc(Cl)cc2)nc(-c2cccc(C(F)(F)F)c2)c1. The molecule has 0 N–H and O–H groups in total. The average Bonchev–Trinajstić information content (AvgIpc) is 2.61. The quantitative estimate of drug-likeness (QED) is 0.463. The lowest BCUT2D eigenvalue weighted by Crippen LogP contribution is -2.04. The first-order valence-corrected chi connectivity index (χ1v) is 8.97. The third kappa shape index (κ3) is 4.17. The van der Waals surface area contributed by atoms with Crippen LogP contribution in [0.5, 0.6) is 0 Å². The Balaban J connectivity index is 2.11. The van der Waals surface area contributed by atoms with Crippen LogP contribution in [0.1, 0.15) is 5.56 Å². The van der Waals surface area contributed by atoms with E-state index in [0.29, 0.717) is 22.0 Å². The van der Waals surface area contributed by atoms with Crippen molar-refractivity contribution >= 4 is 23.4 Å². The molecule has 0 spiro atoms. The van der Waals surface area contributed by atoms with Crippen LogP contribution in [0.25, 0.3) is 22.5 Å². The molecule has 3 aromatic rings. The third-order valence-corrected chi connectivity index (χ3v) is 4.62. The van der Waals surface area contributed by atoms with Gasteiger partial charge in [-0.05, 0) is 42.7 Å². The molecule has 0 atom stereocenters. The molecule has 1 nitrogen and oxygen atoms in total. The van der Waals surface area contributed by atoms with Crippen LogP contribution < -0.4 is 0 Å². The Kier molecular flexibility index (Phi) is 5.06. The predicted molar refractivity (Wildman–Crippen MR) is 96.9 cm³/mol. The molecule has 0 aliphatic rings. The third-order valence-electron chi connectivity index (χ3n) is 3.66. The van der Waals surface area contributed by atoms with Gasteiger partial charge in [-0.2, -0.15) is 13.2 Å². The minimum atomic E-state index is -4.38.